The number of nitrogens with zero attached hydrogens (tertiary/aromatic N) is 3. The van der Waals surface area contributed by atoms with Gasteiger partial charge in [-0.2, -0.15) is 4.98 Å². The molecule has 88 valence electrons. The van der Waals surface area contributed by atoms with E-state index in [-0.39, 0.29) is 12.2 Å². The van der Waals surface area contributed by atoms with Crippen molar-refractivity contribution in [3.05, 3.63) is 29.9 Å². The van der Waals surface area contributed by atoms with E-state index < -0.39 is 0 Å². The van der Waals surface area contributed by atoms with E-state index in [1.165, 1.54) is 0 Å². The second kappa shape index (κ2) is 4.86. The fourth-order valence-corrected chi connectivity index (χ4v) is 1.45. The number of hydrogen-bond acceptors (Lipinski definition) is 5. The molecule has 0 aliphatic carbocycles. The third-order valence-corrected chi connectivity index (χ3v) is 2.47. The Morgan fingerprint density at radius 3 is 3.00 bits per heavy atom. The van der Waals surface area contributed by atoms with E-state index >= 15 is 0 Å². The molecule has 0 saturated heterocycles. The summed E-state index contributed by atoms with van der Waals surface area (Å²) in [6.07, 6.45) is 4.09. The maximum absolute atomic E-state index is 11.3. The Bertz CT molecular complexity index is 534. The zero-order chi connectivity index (χ0) is 12.3. The lowest BCUT2D eigenvalue weighted by Gasteiger charge is -1.97. The molecule has 2 heterocycles. The third kappa shape index (κ3) is 2.55. The minimum atomic E-state index is 0.0895. The number of carbonyl (C=O) groups is 1. The van der Waals surface area contributed by atoms with Gasteiger partial charge in [0.25, 0.3) is 0 Å². The zero-order valence-corrected chi connectivity index (χ0v) is 9.80. The smallest absolute Gasteiger partial charge is 0.234 e. The second-order valence-electron chi connectivity index (χ2n) is 3.77. The third-order valence-electron chi connectivity index (χ3n) is 2.47. The van der Waals surface area contributed by atoms with Crippen molar-refractivity contribution < 1.29 is 9.32 Å². The number of carbonyl (C=O) groups excluding carboxylic acids is 1. The van der Waals surface area contributed by atoms with Crippen molar-refractivity contribution >= 4 is 5.78 Å². The van der Waals surface area contributed by atoms with Gasteiger partial charge in [0.05, 0.1) is 6.42 Å². The van der Waals surface area contributed by atoms with E-state index in [4.69, 9.17) is 4.52 Å². The summed E-state index contributed by atoms with van der Waals surface area (Å²) in [6.45, 7) is 3.74. The molecule has 5 heteroatoms. The Morgan fingerprint density at radius 1 is 1.47 bits per heavy atom. The van der Waals surface area contributed by atoms with Gasteiger partial charge in [0, 0.05) is 24.4 Å². The fourth-order valence-electron chi connectivity index (χ4n) is 1.45. The van der Waals surface area contributed by atoms with Gasteiger partial charge in [-0.3, -0.25) is 9.78 Å². The highest BCUT2D eigenvalue weighted by Gasteiger charge is 2.12. The summed E-state index contributed by atoms with van der Waals surface area (Å²) < 4.78 is 5.04. The summed E-state index contributed by atoms with van der Waals surface area (Å²) in [4.78, 5) is 19.5. The van der Waals surface area contributed by atoms with Crippen LogP contribution in [0.5, 0.6) is 0 Å². The zero-order valence-electron chi connectivity index (χ0n) is 9.80. The molecule has 0 atom stereocenters. The number of aryl methyl sites for hydroxylation is 1. The summed E-state index contributed by atoms with van der Waals surface area (Å²) in [5.74, 6) is 0.957. The minimum Gasteiger partial charge on any atom is -0.339 e. The summed E-state index contributed by atoms with van der Waals surface area (Å²) in [6, 6.07) is 1.83. The van der Waals surface area contributed by atoms with Crippen molar-refractivity contribution in [3.8, 4) is 11.4 Å². The van der Waals surface area contributed by atoms with Gasteiger partial charge in [0.1, 0.15) is 5.78 Å². The van der Waals surface area contributed by atoms with E-state index in [2.05, 4.69) is 15.1 Å². The molecule has 0 amide bonds. The van der Waals surface area contributed by atoms with Crippen LogP contribution in [0.3, 0.4) is 0 Å². The topological polar surface area (TPSA) is 68.9 Å². The number of ketones is 1. The molecular weight excluding hydrogens is 218 g/mol. The molecular formula is C12H13N3O2. The first-order valence-corrected chi connectivity index (χ1v) is 5.46. The van der Waals surface area contributed by atoms with Crippen molar-refractivity contribution in [1.29, 1.82) is 0 Å². The molecule has 2 aromatic heterocycles. The normalized spacial score (nSPS) is 10.5. The van der Waals surface area contributed by atoms with E-state index in [1.807, 2.05) is 19.9 Å². The summed E-state index contributed by atoms with van der Waals surface area (Å²) in [5, 5.41) is 3.87. The Hall–Kier alpha value is -2.04. The number of hydrogen-bond donors (Lipinski definition) is 0. The molecule has 0 unspecified atom stereocenters. The monoisotopic (exact) mass is 231 g/mol. The second-order valence-corrected chi connectivity index (χ2v) is 3.77. The minimum absolute atomic E-state index is 0.0895. The van der Waals surface area contributed by atoms with Gasteiger partial charge >= 0.3 is 0 Å². The summed E-state index contributed by atoms with van der Waals surface area (Å²) in [5.41, 5.74) is 1.85. The molecule has 17 heavy (non-hydrogen) atoms. The van der Waals surface area contributed by atoms with Gasteiger partial charge in [0.15, 0.2) is 0 Å². The van der Waals surface area contributed by atoms with Crippen LogP contribution in [0.2, 0.25) is 0 Å². The Balaban J connectivity index is 2.24. The molecule has 2 rings (SSSR count). The van der Waals surface area contributed by atoms with E-state index in [0.717, 1.165) is 11.1 Å². The van der Waals surface area contributed by atoms with Crippen molar-refractivity contribution in [2.45, 2.75) is 26.7 Å². The van der Waals surface area contributed by atoms with Crippen LogP contribution in [0.15, 0.2) is 23.0 Å². The Morgan fingerprint density at radius 2 is 2.29 bits per heavy atom. The fraction of sp³-hybridized carbons (Fsp3) is 0.333. The molecule has 0 bridgehead atoms. The molecule has 5 nitrogen and oxygen atoms in total. The molecule has 0 radical (unpaired) electrons. The van der Waals surface area contributed by atoms with Crippen LogP contribution in [0.25, 0.3) is 11.4 Å². The quantitative estimate of drug-likeness (QED) is 0.804. The molecule has 0 aliphatic heterocycles. The first-order valence-electron chi connectivity index (χ1n) is 5.46. The van der Waals surface area contributed by atoms with Gasteiger partial charge < -0.3 is 4.52 Å². The Kier molecular flexibility index (Phi) is 3.27. The van der Waals surface area contributed by atoms with E-state index in [1.54, 1.807) is 12.4 Å². The van der Waals surface area contributed by atoms with Gasteiger partial charge in [-0.15, -0.1) is 0 Å². The molecule has 0 aromatic carbocycles. The van der Waals surface area contributed by atoms with Crippen LogP contribution in [-0.2, 0) is 11.2 Å². The molecule has 0 spiro atoms. The predicted molar refractivity (Wildman–Crippen MR) is 61.3 cm³/mol. The lowest BCUT2D eigenvalue weighted by Crippen LogP contribution is -2.00. The van der Waals surface area contributed by atoms with E-state index in [0.29, 0.717) is 18.1 Å². The van der Waals surface area contributed by atoms with Gasteiger partial charge in [-0.1, -0.05) is 12.1 Å². The highest BCUT2D eigenvalue weighted by molar-refractivity contribution is 5.79. The lowest BCUT2D eigenvalue weighted by atomic mass is 10.1. The van der Waals surface area contributed by atoms with Crippen molar-refractivity contribution in [2.24, 2.45) is 0 Å². The average molecular weight is 231 g/mol. The van der Waals surface area contributed by atoms with Crippen molar-refractivity contribution in [3.63, 3.8) is 0 Å². The predicted octanol–water partition coefficient (Wildman–Crippen LogP) is 1.96. The molecule has 0 saturated carbocycles. The van der Waals surface area contributed by atoms with Gasteiger partial charge in [-0.05, 0) is 18.6 Å². The van der Waals surface area contributed by atoms with Gasteiger partial charge in [0.2, 0.25) is 11.7 Å². The molecule has 0 aliphatic rings. The van der Waals surface area contributed by atoms with Crippen LogP contribution in [0, 0.1) is 6.92 Å². The molecule has 0 N–H and O–H groups in total. The average Bonchev–Trinajstić information content (AvgIpc) is 2.78. The summed E-state index contributed by atoms with van der Waals surface area (Å²) >= 11 is 0. The SMILES string of the molecule is CCC(=O)Cc1nc(-c2ccncc2C)no1. The number of pyridine rings is 1. The largest absolute Gasteiger partial charge is 0.339 e. The van der Waals surface area contributed by atoms with Gasteiger partial charge in [-0.25, -0.2) is 0 Å². The summed E-state index contributed by atoms with van der Waals surface area (Å²) in [7, 11) is 0. The van der Waals surface area contributed by atoms with Crippen molar-refractivity contribution in [2.75, 3.05) is 0 Å². The maximum atomic E-state index is 11.3. The number of aromatic nitrogens is 3. The van der Waals surface area contributed by atoms with Crippen LogP contribution in [0.1, 0.15) is 24.8 Å². The van der Waals surface area contributed by atoms with Crippen LogP contribution in [-0.4, -0.2) is 20.9 Å². The standard InChI is InChI=1S/C12H13N3O2/c1-3-9(16)6-11-14-12(15-17-11)10-4-5-13-7-8(10)2/h4-5,7H,3,6H2,1-2H3. The first-order chi connectivity index (χ1) is 8.20. The number of rotatable bonds is 4. The Labute approximate surface area is 98.9 Å². The molecule has 0 fully saturated rings. The lowest BCUT2D eigenvalue weighted by molar-refractivity contribution is -0.118. The highest BCUT2D eigenvalue weighted by atomic mass is 16.5. The number of Topliss-reactive ketones (excluding diaryl/α,β-unsaturated/α-hetero) is 1. The van der Waals surface area contributed by atoms with E-state index in [9.17, 15) is 4.79 Å². The first kappa shape index (κ1) is 11.4. The van der Waals surface area contributed by atoms with Crippen molar-refractivity contribution in [1.82, 2.24) is 15.1 Å². The van der Waals surface area contributed by atoms with Crippen LogP contribution >= 0.6 is 0 Å². The maximum Gasteiger partial charge on any atom is 0.234 e. The highest BCUT2D eigenvalue weighted by Crippen LogP contribution is 2.18. The van der Waals surface area contributed by atoms with Crippen LogP contribution in [0.4, 0.5) is 0 Å². The van der Waals surface area contributed by atoms with Crippen LogP contribution < -0.4 is 0 Å². The molecule has 2 aromatic rings.